The first-order valence-corrected chi connectivity index (χ1v) is 7.74. The number of aromatic amines is 1. The van der Waals surface area contributed by atoms with Crippen LogP contribution in [0.4, 0.5) is 0 Å². The van der Waals surface area contributed by atoms with Crippen LogP contribution in [0.3, 0.4) is 0 Å². The van der Waals surface area contributed by atoms with E-state index in [1.54, 1.807) is 6.07 Å². The predicted molar refractivity (Wildman–Crippen MR) is 89.6 cm³/mol. The Hall–Kier alpha value is -0.930. The molecule has 1 aromatic heterocycles. The van der Waals surface area contributed by atoms with Gasteiger partial charge in [-0.15, -0.1) is 0 Å². The van der Waals surface area contributed by atoms with Crippen LogP contribution in [0.2, 0.25) is 5.02 Å². The smallest absolute Gasteiger partial charge is 0.248 e. The second kappa shape index (κ2) is 5.69. The number of H-pyrrole nitrogens is 1. The molecule has 0 saturated carbocycles. The highest BCUT2D eigenvalue weighted by Gasteiger charge is 2.27. The third kappa shape index (κ3) is 3.29. The van der Waals surface area contributed by atoms with Gasteiger partial charge in [-0.3, -0.25) is 0 Å². The van der Waals surface area contributed by atoms with Crippen molar-refractivity contribution in [3.63, 3.8) is 0 Å². The van der Waals surface area contributed by atoms with Crippen LogP contribution in [0.5, 0.6) is 0 Å². The molecule has 0 spiro atoms. The summed E-state index contributed by atoms with van der Waals surface area (Å²) in [7, 11) is 0. The average Bonchev–Trinajstić information content (AvgIpc) is 2.84. The van der Waals surface area contributed by atoms with Gasteiger partial charge in [-0.2, -0.15) is 0 Å². The van der Waals surface area contributed by atoms with Crippen LogP contribution in [0.15, 0.2) is 42.5 Å². The van der Waals surface area contributed by atoms with Gasteiger partial charge in [0.1, 0.15) is 0 Å². The number of hydrogen-bond acceptors (Lipinski definition) is 1. The summed E-state index contributed by atoms with van der Waals surface area (Å²) in [5, 5.41) is 0.618. The monoisotopic (exact) mass is 358 g/mol. The van der Waals surface area contributed by atoms with Gasteiger partial charge in [0.05, 0.1) is 11.0 Å². The maximum absolute atomic E-state index is 6.17. The molecular formula is C15H10Cl4N2. The van der Waals surface area contributed by atoms with Gasteiger partial charge in [0.25, 0.3) is 0 Å². The fourth-order valence-corrected chi connectivity index (χ4v) is 2.74. The van der Waals surface area contributed by atoms with Crippen LogP contribution in [0, 0.1) is 0 Å². The van der Waals surface area contributed by atoms with Crippen molar-refractivity contribution >= 4 is 57.4 Å². The van der Waals surface area contributed by atoms with E-state index in [4.69, 9.17) is 46.4 Å². The van der Waals surface area contributed by atoms with Gasteiger partial charge in [0.15, 0.2) is 5.82 Å². The topological polar surface area (TPSA) is 28.7 Å². The van der Waals surface area contributed by atoms with Crippen molar-refractivity contribution in [2.24, 2.45) is 0 Å². The molecule has 2 nitrogen and oxygen atoms in total. The molecule has 0 fully saturated rings. The van der Waals surface area contributed by atoms with Crippen molar-refractivity contribution in [3.8, 4) is 0 Å². The molecule has 3 aromatic rings. The molecule has 0 bridgehead atoms. The highest BCUT2D eigenvalue weighted by atomic mass is 35.6. The van der Waals surface area contributed by atoms with E-state index in [2.05, 4.69) is 22.1 Å². The lowest BCUT2D eigenvalue weighted by molar-refractivity contribution is 1.04. The van der Waals surface area contributed by atoms with Crippen LogP contribution in [0.25, 0.3) is 11.0 Å². The summed E-state index contributed by atoms with van der Waals surface area (Å²) < 4.78 is -1.59. The van der Waals surface area contributed by atoms with Crippen molar-refractivity contribution in [2.75, 3.05) is 0 Å². The molecule has 108 valence electrons. The van der Waals surface area contributed by atoms with Crippen LogP contribution < -0.4 is 0 Å². The van der Waals surface area contributed by atoms with E-state index in [9.17, 15) is 0 Å². The lowest BCUT2D eigenvalue weighted by atomic mass is 10.0. The number of halogens is 4. The highest BCUT2D eigenvalue weighted by molar-refractivity contribution is 6.66. The van der Waals surface area contributed by atoms with Gasteiger partial charge in [-0.05, 0) is 29.7 Å². The number of fused-ring (bicyclic) bond motifs is 1. The van der Waals surface area contributed by atoms with Gasteiger partial charge in [0.2, 0.25) is 3.79 Å². The SMILES string of the molecule is Clc1cc(Cc2ccccc2)c2nc(C(Cl)(Cl)Cl)[nH]c2c1. The second-order valence-electron chi connectivity index (χ2n) is 4.71. The van der Waals surface area contributed by atoms with Gasteiger partial charge in [-0.25, -0.2) is 4.98 Å². The predicted octanol–water partition coefficient (Wildman–Crippen LogP) is 5.63. The van der Waals surface area contributed by atoms with Gasteiger partial charge < -0.3 is 4.98 Å². The van der Waals surface area contributed by atoms with Crippen molar-refractivity contribution in [1.82, 2.24) is 9.97 Å². The molecule has 0 aliphatic heterocycles. The summed E-state index contributed by atoms with van der Waals surface area (Å²) in [6.45, 7) is 0. The summed E-state index contributed by atoms with van der Waals surface area (Å²) >= 11 is 23.8. The Labute approximate surface area is 142 Å². The standard InChI is InChI=1S/C15H10Cl4N2/c16-11-7-10(6-9-4-2-1-3-5-9)13-12(8-11)20-14(21-13)15(17,18)19/h1-5,7-8H,6H2,(H,20,21). The molecule has 21 heavy (non-hydrogen) atoms. The number of alkyl halides is 3. The number of aromatic nitrogens is 2. The van der Waals surface area contributed by atoms with Crippen molar-refractivity contribution in [1.29, 1.82) is 0 Å². The van der Waals surface area contributed by atoms with E-state index >= 15 is 0 Å². The molecule has 1 heterocycles. The van der Waals surface area contributed by atoms with Crippen molar-refractivity contribution < 1.29 is 0 Å². The minimum atomic E-state index is -1.59. The fourth-order valence-electron chi connectivity index (χ4n) is 2.24. The summed E-state index contributed by atoms with van der Waals surface area (Å²) in [6, 6.07) is 13.7. The Morgan fingerprint density at radius 2 is 1.76 bits per heavy atom. The first-order chi connectivity index (χ1) is 9.93. The lowest BCUT2D eigenvalue weighted by Crippen LogP contribution is -2.02. The summed E-state index contributed by atoms with van der Waals surface area (Å²) in [6.07, 6.45) is 0.710. The molecule has 0 amide bonds. The Morgan fingerprint density at radius 3 is 2.43 bits per heavy atom. The minimum Gasteiger partial charge on any atom is -0.338 e. The third-order valence-corrected chi connectivity index (χ3v) is 3.89. The van der Waals surface area contributed by atoms with E-state index in [0.717, 1.165) is 16.6 Å². The second-order valence-corrected chi connectivity index (χ2v) is 7.42. The Balaban J connectivity index is 2.11. The summed E-state index contributed by atoms with van der Waals surface area (Å²) in [4.78, 5) is 7.42. The number of imidazole rings is 1. The van der Waals surface area contributed by atoms with E-state index < -0.39 is 3.79 Å². The number of rotatable bonds is 2. The normalized spacial score (nSPS) is 12.0. The van der Waals surface area contributed by atoms with Gasteiger partial charge in [0, 0.05) is 5.02 Å². The van der Waals surface area contributed by atoms with E-state index in [1.807, 2.05) is 24.3 Å². The van der Waals surface area contributed by atoms with Crippen LogP contribution >= 0.6 is 46.4 Å². The molecule has 0 unspecified atom stereocenters. The highest BCUT2D eigenvalue weighted by Crippen LogP contribution is 2.38. The van der Waals surface area contributed by atoms with Crippen molar-refractivity contribution in [2.45, 2.75) is 10.2 Å². The van der Waals surface area contributed by atoms with E-state index in [1.165, 1.54) is 5.56 Å². The molecule has 0 radical (unpaired) electrons. The number of hydrogen-bond donors (Lipinski definition) is 1. The molecule has 6 heteroatoms. The Morgan fingerprint density at radius 1 is 1.05 bits per heavy atom. The number of nitrogens with zero attached hydrogens (tertiary/aromatic N) is 1. The third-order valence-electron chi connectivity index (χ3n) is 3.14. The molecule has 0 aliphatic carbocycles. The van der Waals surface area contributed by atoms with Crippen LogP contribution in [-0.4, -0.2) is 9.97 Å². The quantitative estimate of drug-likeness (QED) is 0.590. The zero-order chi connectivity index (χ0) is 15.0. The first kappa shape index (κ1) is 15.0. The van der Waals surface area contributed by atoms with Crippen LogP contribution in [0.1, 0.15) is 17.0 Å². The molecular weight excluding hydrogens is 350 g/mol. The summed E-state index contributed by atoms with van der Waals surface area (Å²) in [5.41, 5.74) is 3.68. The molecule has 0 saturated heterocycles. The zero-order valence-electron chi connectivity index (χ0n) is 10.7. The van der Waals surface area contributed by atoms with Gasteiger partial charge >= 0.3 is 0 Å². The van der Waals surface area contributed by atoms with E-state index in [-0.39, 0.29) is 0 Å². The largest absolute Gasteiger partial charge is 0.338 e. The minimum absolute atomic E-state index is 0.291. The number of benzene rings is 2. The lowest BCUT2D eigenvalue weighted by Gasteiger charge is -2.05. The Bertz CT molecular complexity index is 775. The Kier molecular flexibility index (Phi) is 4.06. The molecule has 2 aromatic carbocycles. The molecule has 0 atom stereocenters. The van der Waals surface area contributed by atoms with Crippen molar-refractivity contribution in [3.05, 3.63) is 64.4 Å². The number of nitrogens with one attached hydrogen (secondary N) is 1. The maximum Gasteiger partial charge on any atom is 0.248 e. The van der Waals surface area contributed by atoms with Gasteiger partial charge in [-0.1, -0.05) is 76.7 Å². The van der Waals surface area contributed by atoms with Crippen LogP contribution in [-0.2, 0) is 10.2 Å². The van der Waals surface area contributed by atoms with E-state index in [0.29, 0.717) is 17.3 Å². The summed E-state index contributed by atoms with van der Waals surface area (Å²) in [5.74, 6) is 0.291. The fraction of sp³-hybridized carbons (Fsp3) is 0.133. The first-order valence-electron chi connectivity index (χ1n) is 6.23. The maximum atomic E-state index is 6.17. The zero-order valence-corrected chi connectivity index (χ0v) is 13.7. The molecule has 0 aliphatic rings. The molecule has 1 N–H and O–H groups in total. The average molecular weight is 360 g/mol. The molecule has 3 rings (SSSR count).